The number of unbranched alkanes of at least 4 members (excludes halogenated alkanes) is 3. The van der Waals surface area contributed by atoms with Crippen LogP contribution in [0.2, 0.25) is 0 Å². The number of anilines is 1. The summed E-state index contributed by atoms with van der Waals surface area (Å²) in [4.78, 5) is 11.1. The van der Waals surface area contributed by atoms with E-state index < -0.39 is 23.6 Å². The molecule has 5 heteroatoms. The molecule has 0 saturated carbocycles. The molecule has 0 saturated heterocycles. The van der Waals surface area contributed by atoms with Crippen LogP contribution < -0.4 is 5.32 Å². The summed E-state index contributed by atoms with van der Waals surface area (Å²) in [6.45, 7) is 3.62. The van der Waals surface area contributed by atoms with Gasteiger partial charge in [-0.05, 0) is 31.4 Å². The van der Waals surface area contributed by atoms with Crippen molar-refractivity contribution in [2.45, 2.75) is 38.1 Å². The van der Waals surface area contributed by atoms with Gasteiger partial charge in [0.15, 0.2) is 0 Å². The van der Waals surface area contributed by atoms with Gasteiger partial charge < -0.3 is 10.4 Å². The zero-order valence-electron chi connectivity index (χ0n) is 11.2. The fraction of sp³-hybridized carbons (Fsp3) is 0.400. The highest BCUT2D eigenvalue weighted by atomic mass is 19.1. The third-order valence-electron chi connectivity index (χ3n) is 2.90. The van der Waals surface area contributed by atoms with Gasteiger partial charge in [0, 0.05) is 11.8 Å². The number of halogens is 2. The van der Waals surface area contributed by atoms with Crippen LogP contribution in [0.25, 0.3) is 0 Å². The van der Waals surface area contributed by atoms with E-state index >= 15 is 0 Å². The Bertz CT molecular complexity index is 443. The first kappa shape index (κ1) is 16.1. The molecule has 0 heterocycles. The highest BCUT2D eigenvalue weighted by molar-refractivity contribution is 5.77. The molecule has 0 amide bonds. The Labute approximate surface area is 117 Å². The lowest BCUT2D eigenvalue weighted by atomic mass is 10.1. The lowest BCUT2D eigenvalue weighted by Gasteiger charge is -2.15. The number of hydrogen-bond donors (Lipinski definition) is 2. The van der Waals surface area contributed by atoms with Gasteiger partial charge in [0.2, 0.25) is 0 Å². The molecular formula is C15H19F2NO2. The maximum atomic E-state index is 13.0. The Balaban J connectivity index is 2.54. The number of carbonyl (C=O) groups is 1. The molecule has 1 aromatic carbocycles. The van der Waals surface area contributed by atoms with Gasteiger partial charge in [0.1, 0.15) is 17.7 Å². The van der Waals surface area contributed by atoms with E-state index in [-0.39, 0.29) is 5.69 Å². The summed E-state index contributed by atoms with van der Waals surface area (Å²) >= 11 is 0. The Hall–Kier alpha value is -1.91. The molecule has 0 unspecified atom stereocenters. The Morgan fingerprint density at radius 2 is 1.90 bits per heavy atom. The quantitative estimate of drug-likeness (QED) is 0.532. The predicted octanol–water partition coefficient (Wildman–Crippen LogP) is 3.97. The second-order valence-corrected chi connectivity index (χ2v) is 4.62. The van der Waals surface area contributed by atoms with Crippen LogP contribution in [0, 0.1) is 11.6 Å². The number of benzene rings is 1. The van der Waals surface area contributed by atoms with E-state index in [2.05, 4.69) is 11.9 Å². The maximum Gasteiger partial charge on any atom is 0.326 e. The molecule has 0 fully saturated rings. The largest absolute Gasteiger partial charge is 0.480 e. The number of carboxylic acids is 1. The SMILES string of the molecule is C=CCCCCC[C@H](Nc1cc(F)cc(F)c1)C(=O)O. The van der Waals surface area contributed by atoms with E-state index in [1.54, 1.807) is 0 Å². The van der Waals surface area contributed by atoms with Crippen molar-refractivity contribution >= 4 is 11.7 Å². The van der Waals surface area contributed by atoms with Crippen LogP contribution >= 0.6 is 0 Å². The lowest BCUT2D eigenvalue weighted by molar-refractivity contribution is -0.138. The number of rotatable bonds is 9. The number of carboxylic acid groups (broad SMARTS) is 1. The number of allylic oxidation sites excluding steroid dienone is 1. The molecule has 0 aromatic heterocycles. The fourth-order valence-corrected chi connectivity index (χ4v) is 1.91. The van der Waals surface area contributed by atoms with Crippen molar-refractivity contribution in [2.75, 3.05) is 5.32 Å². The van der Waals surface area contributed by atoms with Crippen LogP contribution in [-0.2, 0) is 4.79 Å². The van der Waals surface area contributed by atoms with Crippen LogP contribution in [0.3, 0.4) is 0 Å². The number of aliphatic carboxylic acids is 1. The van der Waals surface area contributed by atoms with E-state index in [0.717, 1.165) is 43.9 Å². The summed E-state index contributed by atoms with van der Waals surface area (Å²) in [5.41, 5.74) is 0.140. The summed E-state index contributed by atoms with van der Waals surface area (Å²) in [6, 6.07) is 2.06. The molecule has 3 nitrogen and oxygen atoms in total. The molecule has 0 aliphatic heterocycles. The molecular weight excluding hydrogens is 264 g/mol. The average Bonchev–Trinajstić information content (AvgIpc) is 2.35. The molecule has 0 aliphatic rings. The van der Waals surface area contributed by atoms with Crippen molar-refractivity contribution in [3.63, 3.8) is 0 Å². The molecule has 1 atom stereocenters. The van der Waals surface area contributed by atoms with Gasteiger partial charge in [0.05, 0.1) is 0 Å². The minimum atomic E-state index is -1.03. The Kier molecular flexibility index (Phi) is 6.70. The topological polar surface area (TPSA) is 49.3 Å². The monoisotopic (exact) mass is 283 g/mol. The van der Waals surface area contributed by atoms with Crippen LogP contribution in [0.1, 0.15) is 32.1 Å². The van der Waals surface area contributed by atoms with Crippen molar-refractivity contribution in [2.24, 2.45) is 0 Å². The Morgan fingerprint density at radius 1 is 1.25 bits per heavy atom. The highest BCUT2D eigenvalue weighted by Crippen LogP contribution is 2.16. The molecule has 0 radical (unpaired) electrons. The number of nitrogens with one attached hydrogen (secondary N) is 1. The van der Waals surface area contributed by atoms with E-state index in [1.807, 2.05) is 6.08 Å². The van der Waals surface area contributed by atoms with Gasteiger partial charge in [0.25, 0.3) is 0 Å². The van der Waals surface area contributed by atoms with E-state index in [0.29, 0.717) is 6.42 Å². The zero-order chi connectivity index (χ0) is 15.0. The minimum Gasteiger partial charge on any atom is -0.480 e. The van der Waals surface area contributed by atoms with Crippen LogP contribution in [0.15, 0.2) is 30.9 Å². The van der Waals surface area contributed by atoms with Gasteiger partial charge >= 0.3 is 5.97 Å². The van der Waals surface area contributed by atoms with E-state index in [1.165, 1.54) is 0 Å². The third kappa shape index (κ3) is 5.82. The summed E-state index contributed by atoms with van der Waals surface area (Å²) in [5.74, 6) is -2.50. The molecule has 1 rings (SSSR count). The van der Waals surface area contributed by atoms with Crippen LogP contribution in [0.4, 0.5) is 14.5 Å². The van der Waals surface area contributed by atoms with E-state index in [9.17, 15) is 13.6 Å². The van der Waals surface area contributed by atoms with Crippen molar-refractivity contribution < 1.29 is 18.7 Å². The predicted molar refractivity (Wildman–Crippen MR) is 74.7 cm³/mol. The normalized spacial score (nSPS) is 11.9. The molecule has 0 bridgehead atoms. The second kappa shape index (κ2) is 8.30. The van der Waals surface area contributed by atoms with Crippen molar-refractivity contribution in [1.29, 1.82) is 0 Å². The van der Waals surface area contributed by atoms with Gasteiger partial charge in [-0.15, -0.1) is 6.58 Å². The first-order valence-corrected chi connectivity index (χ1v) is 6.59. The third-order valence-corrected chi connectivity index (χ3v) is 2.90. The smallest absolute Gasteiger partial charge is 0.326 e. The van der Waals surface area contributed by atoms with Gasteiger partial charge in [-0.25, -0.2) is 13.6 Å². The second-order valence-electron chi connectivity index (χ2n) is 4.62. The average molecular weight is 283 g/mol. The molecule has 110 valence electrons. The minimum absolute atomic E-state index is 0.140. The summed E-state index contributed by atoms with van der Waals surface area (Å²) in [5, 5.41) is 11.8. The fourth-order valence-electron chi connectivity index (χ4n) is 1.91. The summed E-state index contributed by atoms with van der Waals surface area (Å²) in [6.07, 6.45) is 5.72. The highest BCUT2D eigenvalue weighted by Gasteiger charge is 2.17. The standard InChI is InChI=1S/C15H19F2NO2/c1-2-3-4-5-6-7-14(15(19)20)18-13-9-11(16)8-12(17)10-13/h2,8-10,14,18H,1,3-7H2,(H,19,20)/t14-/m0/s1. The lowest BCUT2D eigenvalue weighted by Crippen LogP contribution is -2.29. The summed E-state index contributed by atoms with van der Waals surface area (Å²) in [7, 11) is 0. The Morgan fingerprint density at radius 3 is 2.45 bits per heavy atom. The summed E-state index contributed by atoms with van der Waals surface area (Å²) < 4.78 is 26.1. The molecule has 2 N–H and O–H groups in total. The maximum absolute atomic E-state index is 13.0. The van der Waals surface area contributed by atoms with Crippen molar-refractivity contribution in [1.82, 2.24) is 0 Å². The van der Waals surface area contributed by atoms with Crippen molar-refractivity contribution in [3.8, 4) is 0 Å². The van der Waals surface area contributed by atoms with E-state index in [4.69, 9.17) is 5.11 Å². The zero-order valence-corrected chi connectivity index (χ0v) is 11.2. The number of hydrogen-bond acceptors (Lipinski definition) is 2. The first-order valence-electron chi connectivity index (χ1n) is 6.59. The molecule has 0 spiro atoms. The van der Waals surface area contributed by atoms with Crippen molar-refractivity contribution in [3.05, 3.63) is 42.5 Å². The molecule has 1 aromatic rings. The first-order chi connectivity index (χ1) is 9.52. The molecule has 20 heavy (non-hydrogen) atoms. The van der Waals surface area contributed by atoms with Crippen LogP contribution in [0.5, 0.6) is 0 Å². The van der Waals surface area contributed by atoms with Gasteiger partial charge in [-0.1, -0.05) is 18.9 Å². The van der Waals surface area contributed by atoms with Crippen LogP contribution in [-0.4, -0.2) is 17.1 Å². The molecule has 0 aliphatic carbocycles. The van der Waals surface area contributed by atoms with Gasteiger partial charge in [-0.3, -0.25) is 0 Å². The van der Waals surface area contributed by atoms with Gasteiger partial charge in [-0.2, -0.15) is 0 Å².